The van der Waals surface area contributed by atoms with Gasteiger partial charge in [0.05, 0.1) is 0 Å². The van der Waals surface area contributed by atoms with Crippen molar-refractivity contribution in [3.8, 4) is 0 Å². The molecule has 2 aliphatic rings. The van der Waals surface area contributed by atoms with Crippen molar-refractivity contribution >= 4 is 12.0 Å². The molecule has 2 fully saturated rings. The fourth-order valence-electron chi connectivity index (χ4n) is 3.21. The van der Waals surface area contributed by atoms with Crippen LogP contribution >= 0.6 is 0 Å². The first-order valence-electron chi connectivity index (χ1n) is 7.57. The monoisotopic (exact) mass is 283 g/mol. The molecule has 2 rings (SSSR count). The Bertz CT molecular complexity index is 375. The van der Waals surface area contributed by atoms with Crippen LogP contribution in [0.2, 0.25) is 0 Å². The average Bonchev–Trinajstić information content (AvgIpc) is 2.43. The summed E-state index contributed by atoms with van der Waals surface area (Å²) >= 11 is 0. The van der Waals surface area contributed by atoms with Gasteiger partial charge in [-0.05, 0) is 32.7 Å². The van der Waals surface area contributed by atoms with E-state index in [1.54, 1.807) is 11.8 Å². The Labute approximate surface area is 120 Å². The van der Waals surface area contributed by atoms with E-state index >= 15 is 0 Å². The van der Waals surface area contributed by atoms with Crippen molar-refractivity contribution in [1.29, 1.82) is 0 Å². The highest BCUT2D eigenvalue weighted by Gasteiger charge is 2.36. The minimum Gasteiger partial charge on any atom is -0.480 e. The van der Waals surface area contributed by atoms with Crippen LogP contribution in [0.1, 0.15) is 39.5 Å². The molecule has 0 radical (unpaired) electrons. The number of carbonyl (C=O) groups excluding carboxylic acids is 1. The van der Waals surface area contributed by atoms with Crippen LogP contribution in [0.25, 0.3) is 0 Å². The summed E-state index contributed by atoms with van der Waals surface area (Å²) < 4.78 is 0. The van der Waals surface area contributed by atoms with Crippen LogP contribution in [0.15, 0.2) is 0 Å². The highest BCUT2D eigenvalue weighted by atomic mass is 16.4. The predicted octanol–water partition coefficient (Wildman–Crippen LogP) is 1.12. The standard InChI is InChI=1S/C14H25N3O3/c1-3-12(13(18)19)15-14(20)17-9-11-6-4-5-7-16(11)8-10(17)2/h10-12H,3-9H2,1-2H3,(H,15,20)(H,18,19)/t10?,11?,12-/m1/s1. The maximum atomic E-state index is 12.3. The van der Waals surface area contributed by atoms with E-state index in [2.05, 4.69) is 10.2 Å². The summed E-state index contributed by atoms with van der Waals surface area (Å²) in [6.07, 6.45) is 4.00. The average molecular weight is 283 g/mol. The summed E-state index contributed by atoms with van der Waals surface area (Å²) in [5.41, 5.74) is 0. The molecule has 0 aromatic rings. The molecule has 20 heavy (non-hydrogen) atoms. The highest BCUT2D eigenvalue weighted by Crippen LogP contribution is 2.24. The predicted molar refractivity (Wildman–Crippen MR) is 75.6 cm³/mol. The molecule has 3 atom stereocenters. The molecule has 2 N–H and O–H groups in total. The Balaban J connectivity index is 1.96. The lowest BCUT2D eigenvalue weighted by atomic mass is 9.97. The zero-order valence-corrected chi connectivity index (χ0v) is 12.3. The van der Waals surface area contributed by atoms with Crippen LogP contribution in [0, 0.1) is 0 Å². The molecule has 6 nitrogen and oxygen atoms in total. The SMILES string of the molecule is CC[C@@H](NC(=O)N1CC2CCCCN2CC1C)C(=O)O. The molecule has 2 heterocycles. The van der Waals surface area contributed by atoms with Gasteiger partial charge in [0, 0.05) is 25.2 Å². The number of rotatable bonds is 3. The molecule has 2 aliphatic heterocycles. The molecule has 0 aromatic carbocycles. The number of carboxylic acids is 1. The molecule has 0 aliphatic carbocycles. The van der Waals surface area contributed by atoms with Gasteiger partial charge >= 0.3 is 12.0 Å². The first kappa shape index (κ1) is 15.1. The number of carbonyl (C=O) groups is 2. The van der Waals surface area contributed by atoms with E-state index < -0.39 is 12.0 Å². The van der Waals surface area contributed by atoms with Gasteiger partial charge in [0.25, 0.3) is 0 Å². The fraction of sp³-hybridized carbons (Fsp3) is 0.857. The third-order valence-corrected chi connectivity index (χ3v) is 4.45. The maximum absolute atomic E-state index is 12.3. The van der Waals surface area contributed by atoms with Gasteiger partial charge in [-0.3, -0.25) is 4.90 Å². The fourth-order valence-corrected chi connectivity index (χ4v) is 3.21. The quantitative estimate of drug-likeness (QED) is 0.814. The number of piperidine rings is 1. The molecule has 0 spiro atoms. The number of nitrogens with one attached hydrogen (secondary N) is 1. The molecular weight excluding hydrogens is 258 g/mol. The van der Waals surface area contributed by atoms with Crippen LogP contribution in [-0.4, -0.2) is 64.7 Å². The molecule has 114 valence electrons. The van der Waals surface area contributed by atoms with E-state index in [1.165, 1.54) is 12.8 Å². The van der Waals surface area contributed by atoms with Crippen molar-refractivity contribution < 1.29 is 14.7 Å². The van der Waals surface area contributed by atoms with Gasteiger partial charge in [-0.2, -0.15) is 0 Å². The Morgan fingerprint density at radius 3 is 2.75 bits per heavy atom. The lowest BCUT2D eigenvalue weighted by Gasteiger charge is -2.47. The third kappa shape index (κ3) is 3.23. The lowest BCUT2D eigenvalue weighted by Crippen LogP contribution is -2.62. The Hall–Kier alpha value is -1.30. The van der Waals surface area contributed by atoms with Crippen molar-refractivity contribution in [3.05, 3.63) is 0 Å². The number of piperazine rings is 1. The molecule has 6 heteroatoms. The molecule has 2 amide bonds. The summed E-state index contributed by atoms with van der Waals surface area (Å²) in [7, 11) is 0. The van der Waals surface area contributed by atoms with Crippen LogP contribution in [0.4, 0.5) is 4.79 Å². The van der Waals surface area contributed by atoms with Crippen LogP contribution in [0.3, 0.4) is 0 Å². The first-order valence-corrected chi connectivity index (χ1v) is 7.57. The second kappa shape index (κ2) is 6.43. The zero-order chi connectivity index (χ0) is 14.7. The van der Waals surface area contributed by atoms with E-state index in [0.717, 1.165) is 19.5 Å². The van der Waals surface area contributed by atoms with E-state index in [0.29, 0.717) is 19.0 Å². The molecule has 2 saturated heterocycles. The second-order valence-corrected chi connectivity index (χ2v) is 5.89. The van der Waals surface area contributed by atoms with Gasteiger partial charge < -0.3 is 15.3 Å². The summed E-state index contributed by atoms with van der Waals surface area (Å²) in [6.45, 7) is 6.52. The second-order valence-electron chi connectivity index (χ2n) is 5.89. The van der Waals surface area contributed by atoms with Crippen LogP contribution in [-0.2, 0) is 4.79 Å². The van der Waals surface area contributed by atoms with Gasteiger partial charge in [-0.15, -0.1) is 0 Å². The van der Waals surface area contributed by atoms with E-state index in [1.807, 2.05) is 6.92 Å². The summed E-state index contributed by atoms with van der Waals surface area (Å²) in [4.78, 5) is 27.6. The third-order valence-electron chi connectivity index (χ3n) is 4.45. The van der Waals surface area contributed by atoms with Gasteiger partial charge in [-0.25, -0.2) is 9.59 Å². The van der Waals surface area contributed by atoms with E-state index in [-0.39, 0.29) is 12.1 Å². The van der Waals surface area contributed by atoms with Gasteiger partial charge in [0.15, 0.2) is 0 Å². The highest BCUT2D eigenvalue weighted by molar-refractivity contribution is 5.82. The Morgan fingerprint density at radius 2 is 2.10 bits per heavy atom. The van der Waals surface area contributed by atoms with Gasteiger partial charge in [0.2, 0.25) is 0 Å². The smallest absolute Gasteiger partial charge is 0.326 e. The van der Waals surface area contributed by atoms with E-state index in [9.17, 15) is 9.59 Å². The van der Waals surface area contributed by atoms with Crippen molar-refractivity contribution in [3.63, 3.8) is 0 Å². The maximum Gasteiger partial charge on any atom is 0.326 e. The number of urea groups is 1. The van der Waals surface area contributed by atoms with Crippen molar-refractivity contribution in [2.45, 2.75) is 57.7 Å². The first-order chi connectivity index (χ1) is 9.52. The summed E-state index contributed by atoms with van der Waals surface area (Å²) in [5.74, 6) is -0.968. The van der Waals surface area contributed by atoms with Crippen LogP contribution < -0.4 is 5.32 Å². The van der Waals surface area contributed by atoms with Gasteiger partial charge in [-0.1, -0.05) is 13.3 Å². The van der Waals surface area contributed by atoms with Crippen molar-refractivity contribution in [1.82, 2.24) is 15.1 Å². The Kier molecular flexibility index (Phi) is 4.86. The number of aliphatic carboxylic acids is 1. The minimum absolute atomic E-state index is 0.135. The number of amides is 2. The molecule has 0 bridgehead atoms. The summed E-state index contributed by atoms with van der Waals surface area (Å²) in [5, 5.41) is 11.7. The lowest BCUT2D eigenvalue weighted by molar-refractivity contribution is -0.139. The number of hydrogen-bond donors (Lipinski definition) is 2. The number of nitrogens with zero attached hydrogens (tertiary/aromatic N) is 2. The molecule has 0 aromatic heterocycles. The van der Waals surface area contributed by atoms with Crippen molar-refractivity contribution in [2.24, 2.45) is 0 Å². The Morgan fingerprint density at radius 1 is 1.35 bits per heavy atom. The molecule has 2 unspecified atom stereocenters. The van der Waals surface area contributed by atoms with Crippen LogP contribution in [0.5, 0.6) is 0 Å². The zero-order valence-electron chi connectivity index (χ0n) is 12.3. The number of carboxylic acid groups (broad SMARTS) is 1. The van der Waals surface area contributed by atoms with E-state index in [4.69, 9.17) is 5.11 Å². The largest absolute Gasteiger partial charge is 0.480 e. The number of hydrogen-bond acceptors (Lipinski definition) is 3. The topological polar surface area (TPSA) is 72.9 Å². The minimum atomic E-state index is -0.968. The molecule has 0 saturated carbocycles. The summed E-state index contributed by atoms with van der Waals surface area (Å²) in [6, 6.07) is -0.456. The van der Waals surface area contributed by atoms with Gasteiger partial charge in [0.1, 0.15) is 6.04 Å². The normalized spacial score (nSPS) is 28.6. The molecular formula is C14H25N3O3. The van der Waals surface area contributed by atoms with Crippen molar-refractivity contribution in [2.75, 3.05) is 19.6 Å². The number of fused-ring (bicyclic) bond motifs is 1.